The van der Waals surface area contributed by atoms with Crippen LogP contribution in [0.1, 0.15) is 28.9 Å². The van der Waals surface area contributed by atoms with Crippen molar-refractivity contribution in [3.05, 3.63) is 52.8 Å². The molecule has 128 valence electrons. The van der Waals surface area contributed by atoms with E-state index in [0.29, 0.717) is 0 Å². The van der Waals surface area contributed by atoms with E-state index in [1.54, 1.807) is 0 Å². The fraction of sp³-hybridized carbons (Fsp3) is 0.526. The van der Waals surface area contributed by atoms with Crippen molar-refractivity contribution in [1.29, 1.82) is 0 Å². The maximum Gasteiger partial charge on any atom is 0.182 e. The molecular weight excluding hydrogens is 302 g/mol. The van der Waals surface area contributed by atoms with Crippen molar-refractivity contribution >= 4 is 0 Å². The predicted molar refractivity (Wildman–Crippen MR) is 91.8 cm³/mol. The van der Waals surface area contributed by atoms with Gasteiger partial charge in [0.25, 0.3) is 0 Å². The Bertz CT molecular complexity index is 705. The standard InChI is InChI=1S/C19H25N3O2/c1-15-18(13-21-9-8-19(14-21)23-10-11-24-19)16(2)22(20-15)12-17-6-4-3-5-7-17/h3-7H,8-14H2,1-2H3. The number of rotatable bonds is 4. The van der Waals surface area contributed by atoms with Crippen LogP contribution in [0.4, 0.5) is 0 Å². The van der Waals surface area contributed by atoms with Crippen molar-refractivity contribution in [2.24, 2.45) is 0 Å². The smallest absolute Gasteiger partial charge is 0.182 e. The lowest BCUT2D eigenvalue weighted by Gasteiger charge is -2.22. The van der Waals surface area contributed by atoms with Crippen LogP contribution in [0, 0.1) is 13.8 Å². The first-order valence-electron chi connectivity index (χ1n) is 8.72. The molecule has 0 radical (unpaired) electrons. The minimum Gasteiger partial charge on any atom is -0.346 e. The average Bonchev–Trinajstić information content (AvgIpc) is 3.27. The molecule has 0 amide bonds. The normalized spacial score (nSPS) is 20.2. The molecule has 5 nitrogen and oxygen atoms in total. The SMILES string of the molecule is Cc1nn(Cc2ccccc2)c(C)c1CN1CCC2(C1)OCCO2. The Morgan fingerprint density at radius 3 is 2.58 bits per heavy atom. The molecule has 2 saturated heterocycles. The molecule has 1 aromatic carbocycles. The lowest BCUT2D eigenvalue weighted by atomic mass is 10.2. The van der Waals surface area contributed by atoms with Gasteiger partial charge in [-0.1, -0.05) is 30.3 Å². The Morgan fingerprint density at radius 1 is 1.08 bits per heavy atom. The monoisotopic (exact) mass is 327 g/mol. The van der Waals surface area contributed by atoms with E-state index in [-0.39, 0.29) is 5.79 Å². The van der Waals surface area contributed by atoms with E-state index in [2.05, 4.69) is 47.7 Å². The summed E-state index contributed by atoms with van der Waals surface area (Å²) in [6.07, 6.45) is 0.962. The molecule has 0 aliphatic carbocycles. The zero-order valence-corrected chi connectivity index (χ0v) is 14.5. The molecule has 1 spiro atoms. The summed E-state index contributed by atoms with van der Waals surface area (Å²) in [7, 11) is 0. The molecule has 4 rings (SSSR count). The molecule has 2 aliphatic rings. The second-order valence-corrected chi connectivity index (χ2v) is 6.86. The number of likely N-dealkylation sites (tertiary alicyclic amines) is 1. The van der Waals surface area contributed by atoms with E-state index in [1.165, 1.54) is 16.8 Å². The van der Waals surface area contributed by atoms with E-state index < -0.39 is 0 Å². The molecule has 0 atom stereocenters. The van der Waals surface area contributed by atoms with Crippen molar-refractivity contribution in [3.8, 4) is 0 Å². The molecule has 3 heterocycles. The number of benzene rings is 1. The van der Waals surface area contributed by atoms with Crippen molar-refractivity contribution in [2.75, 3.05) is 26.3 Å². The molecule has 0 saturated carbocycles. The van der Waals surface area contributed by atoms with Gasteiger partial charge in [0.05, 0.1) is 32.0 Å². The lowest BCUT2D eigenvalue weighted by Crippen LogP contribution is -2.34. The number of hydrogen-bond acceptors (Lipinski definition) is 4. The average molecular weight is 327 g/mol. The van der Waals surface area contributed by atoms with Gasteiger partial charge in [0.15, 0.2) is 5.79 Å². The molecular formula is C19H25N3O2. The Morgan fingerprint density at radius 2 is 1.83 bits per heavy atom. The van der Waals surface area contributed by atoms with Crippen molar-refractivity contribution in [3.63, 3.8) is 0 Å². The van der Waals surface area contributed by atoms with Crippen LogP contribution in [0.5, 0.6) is 0 Å². The zero-order chi connectivity index (χ0) is 16.6. The predicted octanol–water partition coefficient (Wildman–Crippen LogP) is 2.50. The first-order chi connectivity index (χ1) is 11.7. The van der Waals surface area contributed by atoms with Crippen LogP contribution < -0.4 is 0 Å². The molecule has 2 fully saturated rings. The van der Waals surface area contributed by atoms with Gasteiger partial charge >= 0.3 is 0 Å². The molecule has 24 heavy (non-hydrogen) atoms. The number of aromatic nitrogens is 2. The van der Waals surface area contributed by atoms with Gasteiger partial charge in [-0.05, 0) is 19.4 Å². The molecule has 2 aromatic rings. The fourth-order valence-corrected chi connectivity index (χ4v) is 3.79. The van der Waals surface area contributed by atoms with Crippen LogP contribution in [0.3, 0.4) is 0 Å². The van der Waals surface area contributed by atoms with Crippen molar-refractivity contribution in [2.45, 2.75) is 39.1 Å². The van der Waals surface area contributed by atoms with Crippen LogP contribution in [-0.2, 0) is 22.6 Å². The van der Waals surface area contributed by atoms with Crippen LogP contribution in [0.15, 0.2) is 30.3 Å². The Kier molecular flexibility index (Phi) is 4.16. The second-order valence-electron chi connectivity index (χ2n) is 6.86. The second kappa shape index (κ2) is 6.31. The molecule has 1 aromatic heterocycles. The molecule has 0 bridgehead atoms. The van der Waals surface area contributed by atoms with Gasteiger partial charge < -0.3 is 9.47 Å². The first-order valence-corrected chi connectivity index (χ1v) is 8.72. The highest BCUT2D eigenvalue weighted by molar-refractivity contribution is 5.26. The molecule has 5 heteroatoms. The van der Waals surface area contributed by atoms with Gasteiger partial charge in [-0.25, -0.2) is 0 Å². The van der Waals surface area contributed by atoms with E-state index in [0.717, 1.165) is 51.5 Å². The maximum atomic E-state index is 5.83. The van der Waals surface area contributed by atoms with E-state index in [9.17, 15) is 0 Å². The highest BCUT2D eigenvalue weighted by atomic mass is 16.7. The topological polar surface area (TPSA) is 39.5 Å². The largest absolute Gasteiger partial charge is 0.346 e. The van der Waals surface area contributed by atoms with Crippen molar-refractivity contribution in [1.82, 2.24) is 14.7 Å². The minimum atomic E-state index is -0.345. The van der Waals surface area contributed by atoms with E-state index in [1.807, 2.05) is 6.07 Å². The Labute approximate surface area is 143 Å². The van der Waals surface area contributed by atoms with Gasteiger partial charge in [-0.2, -0.15) is 5.10 Å². The van der Waals surface area contributed by atoms with Gasteiger partial charge in [-0.15, -0.1) is 0 Å². The minimum absolute atomic E-state index is 0.345. The zero-order valence-electron chi connectivity index (χ0n) is 14.5. The molecule has 0 N–H and O–H groups in total. The first kappa shape index (κ1) is 15.8. The third-order valence-electron chi connectivity index (χ3n) is 5.18. The molecule has 0 unspecified atom stereocenters. The van der Waals surface area contributed by atoms with Gasteiger partial charge in [0, 0.05) is 30.8 Å². The Hall–Kier alpha value is -1.69. The summed E-state index contributed by atoms with van der Waals surface area (Å²) in [5.41, 5.74) is 4.99. The Balaban J connectivity index is 1.48. The van der Waals surface area contributed by atoms with Gasteiger partial charge in [0.2, 0.25) is 0 Å². The summed E-state index contributed by atoms with van der Waals surface area (Å²) in [6, 6.07) is 10.5. The number of hydrogen-bond donors (Lipinski definition) is 0. The third kappa shape index (κ3) is 2.99. The van der Waals surface area contributed by atoms with Crippen LogP contribution >= 0.6 is 0 Å². The maximum absolute atomic E-state index is 5.83. The summed E-state index contributed by atoms with van der Waals surface area (Å²) < 4.78 is 13.8. The van der Waals surface area contributed by atoms with Crippen molar-refractivity contribution < 1.29 is 9.47 Å². The van der Waals surface area contributed by atoms with Crippen LogP contribution in [-0.4, -0.2) is 46.8 Å². The fourth-order valence-electron chi connectivity index (χ4n) is 3.79. The molecule has 2 aliphatic heterocycles. The third-order valence-corrected chi connectivity index (χ3v) is 5.18. The number of nitrogens with zero attached hydrogens (tertiary/aromatic N) is 3. The van der Waals surface area contributed by atoms with E-state index in [4.69, 9.17) is 14.6 Å². The summed E-state index contributed by atoms with van der Waals surface area (Å²) in [6.45, 7) is 9.34. The summed E-state index contributed by atoms with van der Waals surface area (Å²) in [5.74, 6) is -0.345. The summed E-state index contributed by atoms with van der Waals surface area (Å²) in [4.78, 5) is 2.43. The summed E-state index contributed by atoms with van der Waals surface area (Å²) >= 11 is 0. The van der Waals surface area contributed by atoms with Crippen LogP contribution in [0.2, 0.25) is 0 Å². The highest BCUT2D eigenvalue weighted by Crippen LogP contribution is 2.31. The van der Waals surface area contributed by atoms with E-state index >= 15 is 0 Å². The highest BCUT2D eigenvalue weighted by Gasteiger charge is 2.43. The van der Waals surface area contributed by atoms with Gasteiger partial charge in [-0.3, -0.25) is 9.58 Å². The van der Waals surface area contributed by atoms with Gasteiger partial charge in [0.1, 0.15) is 0 Å². The van der Waals surface area contributed by atoms with Crippen LogP contribution in [0.25, 0.3) is 0 Å². The number of ether oxygens (including phenoxy) is 2. The quantitative estimate of drug-likeness (QED) is 0.865. The number of aryl methyl sites for hydroxylation is 1. The lowest BCUT2D eigenvalue weighted by molar-refractivity contribution is -0.145. The summed E-state index contributed by atoms with van der Waals surface area (Å²) in [5, 5.41) is 4.76.